The zero-order chi connectivity index (χ0) is 16.0. The predicted octanol–water partition coefficient (Wildman–Crippen LogP) is 0.796. The molecule has 7 heteroatoms. The predicted molar refractivity (Wildman–Crippen MR) is 77.8 cm³/mol. The van der Waals surface area contributed by atoms with Gasteiger partial charge in [-0.05, 0) is 33.6 Å². The molecule has 7 nitrogen and oxygen atoms in total. The van der Waals surface area contributed by atoms with Crippen LogP contribution in [0.3, 0.4) is 0 Å². The number of likely N-dealkylation sites (N-methyl/N-ethyl adjacent to an activating group) is 1. The second kappa shape index (κ2) is 7.85. The molecule has 0 saturated heterocycles. The van der Waals surface area contributed by atoms with Crippen molar-refractivity contribution in [2.45, 2.75) is 52.1 Å². The molecule has 120 valence electrons. The number of nitrogens with zero attached hydrogens (tertiary/aromatic N) is 1. The molecule has 0 radical (unpaired) electrons. The SMILES string of the molecule is CCN(CC)C(=O)C(C)NC(=O)NC1CCCC1C(=O)O. The number of hydrogen-bond donors (Lipinski definition) is 3. The third kappa shape index (κ3) is 4.61. The summed E-state index contributed by atoms with van der Waals surface area (Å²) in [5.41, 5.74) is 0. The van der Waals surface area contributed by atoms with Gasteiger partial charge < -0.3 is 20.6 Å². The van der Waals surface area contributed by atoms with Gasteiger partial charge in [-0.1, -0.05) is 6.42 Å². The largest absolute Gasteiger partial charge is 0.481 e. The van der Waals surface area contributed by atoms with Crippen LogP contribution in [0.15, 0.2) is 0 Å². The third-order valence-electron chi connectivity index (χ3n) is 3.94. The Morgan fingerprint density at radius 3 is 2.38 bits per heavy atom. The molecule has 3 atom stereocenters. The molecule has 0 aromatic rings. The standard InChI is InChI=1S/C14H25N3O4/c1-4-17(5-2)12(18)9(3)15-14(21)16-11-8-6-7-10(11)13(19)20/h9-11H,4-8H2,1-3H3,(H,19,20)(H2,15,16,21). The van der Waals surface area contributed by atoms with Crippen molar-refractivity contribution in [3.63, 3.8) is 0 Å². The molecule has 1 saturated carbocycles. The van der Waals surface area contributed by atoms with E-state index in [2.05, 4.69) is 10.6 Å². The van der Waals surface area contributed by atoms with E-state index in [1.54, 1.807) is 11.8 Å². The van der Waals surface area contributed by atoms with Gasteiger partial charge in [0.15, 0.2) is 0 Å². The Balaban J connectivity index is 2.49. The summed E-state index contributed by atoms with van der Waals surface area (Å²) in [5.74, 6) is -1.56. The van der Waals surface area contributed by atoms with E-state index < -0.39 is 24.0 Å². The summed E-state index contributed by atoms with van der Waals surface area (Å²) in [7, 11) is 0. The van der Waals surface area contributed by atoms with Gasteiger partial charge in [-0.3, -0.25) is 9.59 Å². The molecule has 0 heterocycles. The number of nitrogens with one attached hydrogen (secondary N) is 2. The third-order valence-corrected chi connectivity index (χ3v) is 3.94. The minimum Gasteiger partial charge on any atom is -0.481 e. The van der Waals surface area contributed by atoms with Crippen LogP contribution in [0.25, 0.3) is 0 Å². The normalized spacial score (nSPS) is 22.4. The molecule has 3 N–H and O–H groups in total. The van der Waals surface area contributed by atoms with Crippen molar-refractivity contribution in [1.82, 2.24) is 15.5 Å². The maximum absolute atomic E-state index is 12.0. The Hall–Kier alpha value is -1.79. The van der Waals surface area contributed by atoms with E-state index in [9.17, 15) is 14.4 Å². The monoisotopic (exact) mass is 299 g/mol. The maximum Gasteiger partial charge on any atom is 0.315 e. The molecule has 1 aliphatic carbocycles. The topological polar surface area (TPSA) is 98.7 Å². The Labute approximate surface area is 125 Å². The van der Waals surface area contributed by atoms with E-state index in [-0.39, 0.29) is 11.9 Å². The van der Waals surface area contributed by atoms with Crippen LogP contribution in [0.5, 0.6) is 0 Å². The fourth-order valence-corrected chi connectivity index (χ4v) is 2.71. The zero-order valence-corrected chi connectivity index (χ0v) is 12.9. The van der Waals surface area contributed by atoms with Gasteiger partial charge in [0.2, 0.25) is 5.91 Å². The lowest BCUT2D eigenvalue weighted by molar-refractivity contribution is -0.142. The van der Waals surface area contributed by atoms with E-state index in [1.807, 2.05) is 13.8 Å². The number of rotatable bonds is 6. The van der Waals surface area contributed by atoms with Gasteiger partial charge in [-0.2, -0.15) is 0 Å². The number of amides is 3. The number of carbonyl (C=O) groups is 3. The smallest absolute Gasteiger partial charge is 0.315 e. The van der Waals surface area contributed by atoms with Crippen LogP contribution in [0.2, 0.25) is 0 Å². The summed E-state index contributed by atoms with van der Waals surface area (Å²) in [6, 6.07) is -1.48. The van der Waals surface area contributed by atoms with Crippen molar-refractivity contribution >= 4 is 17.9 Å². The first-order chi connectivity index (χ1) is 9.90. The number of carboxylic acids is 1. The number of carbonyl (C=O) groups excluding carboxylic acids is 2. The molecule has 3 unspecified atom stereocenters. The molecule has 1 aliphatic rings. The van der Waals surface area contributed by atoms with Crippen molar-refractivity contribution in [3.05, 3.63) is 0 Å². The lowest BCUT2D eigenvalue weighted by atomic mass is 10.0. The van der Waals surface area contributed by atoms with Gasteiger partial charge in [0.05, 0.1) is 5.92 Å². The lowest BCUT2D eigenvalue weighted by Crippen LogP contribution is -2.52. The van der Waals surface area contributed by atoms with E-state index in [0.717, 1.165) is 6.42 Å². The van der Waals surface area contributed by atoms with Crippen molar-refractivity contribution in [1.29, 1.82) is 0 Å². The van der Waals surface area contributed by atoms with Gasteiger partial charge >= 0.3 is 12.0 Å². The molecular formula is C14H25N3O4. The molecule has 1 fully saturated rings. The van der Waals surface area contributed by atoms with Crippen molar-refractivity contribution in [2.24, 2.45) is 5.92 Å². The summed E-state index contributed by atoms with van der Waals surface area (Å²) in [6.45, 7) is 6.57. The highest BCUT2D eigenvalue weighted by Gasteiger charge is 2.34. The zero-order valence-electron chi connectivity index (χ0n) is 12.9. The Kier molecular flexibility index (Phi) is 6.45. The number of urea groups is 1. The molecule has 0 spiro atoms. The minimum atomic E-state index is -0.884. The number of carboxylic acid groups (broad SMARTS) is 1. The lowest BCUT2D eigenvalue weighted by Gasteiger charge is -2.24. The summed E-state index contributed by atoms with van der Waals surface area (Å²) >= 11 is 0. The molecule has 0 bridgehead atoms. The number of aliphatic carboxylic acids is 1. The van der Waals surface area contributed by atoms with Gasteiger partial charge in [-0.25, -0.2) is 4.79 Å². The molecule has 1 rings (SSSR count). The van der Waals surface area contributed by atoms with Gasteiger partial charge in [0.1, 0.15) is 6.04 Å². The number of hydrogen-bond acceptors (Lipinski definition) is 3. The summed E-state index contributed by atoms with van der Waals surface area (Å²) in [6.07, 6.45) is 2.02. The maximum atomic E-state index is 12.0. The average Bonchev–Trinajstić information content (AvgIpc) is 2.87. The highest BCUT2D eigenvalue weighted by Crippen LogP contribution is 2.25. The van der Waals surface area contributed by atoms with Gasteiger partial charge in [-0.15, -0.1) is 0 Å². The van der Waals surface area contributed by atoms with E-state index in [1.165, 1.54) is 0 Å². The second-order valence-electron chi connectivity index (χ2n) is 5.33. The van der Waals surface area contributed by atoms with Crippen LogP contribution < -0.4 is 10.6 Å². The second-order valence-corrected chi connectivity index (χ2v) is 5.33. The quantitative estimate of drug-likeness (QED) is 0.675. The highest BCUT2D eigenvalue weighted by atomic mass is 16.4. The van der Waals surface area contributed by atoms with Crippen LogP contribution >= 0.6 is 0 Å². The molecule has 0 aromatic carbocycles. The molecular weight excluding hydrogens is 274 g/mol. The highest BCUT2D eigenvalue weighted by molar-refractivity contribution is 5.87. The molecule has 3 amide bonds. The average molecular weight is 299 g/mol. The van der Waals surface area contributed by atoms with E-state index in [0.29, 0.717) is 25.9 Å². The van der Waals surface area contributed by atoms with Crippen LogP contribution in [0.4, 0.5) is 4.79 Å². The Morgan fingerprint density at radius 2 is 1.86 bits per heavy atom. The molecule has 0 aromatic heterocycles. The summed E-state index contributed by atoms with van der Waals surface area (Å²) in [5, 5.41) is 14.3. The van der Waals surface area contributed by atoms with Gasteiger partial charge in [0, 0.05) is 19.1 Å². The van der Waals surface area contributed by atoms with E-state index >= 15 is 0 Å². The minimum absolute atomic E-state index is 0.142. The van der Waals surface area contributed by atoms with Gasteiger partial charge in [0.25, 0.3) is 0 Å². The first kappa shape index (κ1) is 17.3. The fraction of sp³-hybridized carbons (Fsp3) is 0.786. The van der Waals surface area contributed by atoms with Crippen molar-refractivity contribution < 1.29 is 19.5 Å². The molecule has 0 aliphatic heterocycles. The van der Waals surface area contributed by atoms with Crippen LogP contribution in [0.1, 0.15) is 40.0 Å². The Bertz CT molecular complexity index is 396. The van der Waals surface area contributed by atoms with Crippen LogP contribution in [-0.4, -0.2) is 53.1 Å². The van der Waals surface area contributed by atoms with Crippen LogP contribution in [-0.2, 0) is 9.59 Å². The summed E-state index contributed by atoms with van der Waals surface area (Å²) < 4.78 is 0. The van der Waals surface area contributed by atoms with Crippen molar-refractivity contribution in [2.75, 3.05) is 13.1 Å². The van der Waals surface area contributed by atoms with E-state index in [4.69, 9.17) is 5.11 Å². The molecule has 21 heavy (non-hydrogen) atoms. The fourth-order valence-electron chi connectivity index (χ4n) is 2.71. The summed E-state index contributed by atoms with van der Waals surface area (Å²) in [4.78, 5) is 36.6. The van der Waals surface area contributed by atoms with Crippen LogP contribution in [0, 0.1) is 5.92 Å². The Morgan fingerprint density at radius 1 is 1.24 bits per heavy atom. The first-order valence-corrected chi connectivity index (χ1v) is 7.49. The van der Waals surface area contributed by atoms with Crippen molar-refractivity contribution in [3.8, 4) is 0 Å². The first-order valence-electron chi connectivity index (χ1n) is 7.49.